The van der Waals surface area contributed by atoms with Crippen molar-refractivity contribution in [1.29, 1.82) is 0 Å². The van der Waals surface area contributed by atoms with Crippen molar-refractivity contribution in [3.05, 3.63) is 0 Å². The molecule has 6 nitrogen and oxygen atoms in total. The molecule has 9 heteroatoms. The Balaban J connectivity index is 0. The first-order valence-corrected chi connectivity index (χ1v) is 0. The summed E-state index contributed by atoms with van der Waals surface area (Å²) in [4.78, 5) is 0. The predicted octanol–water partition coefficient (Wildman–Crippen LogP) is -1.07. The summed E-state index contributed by atoms with van der Waals surface area (Å²) >= 11 is 0. The smallest absolute Gasteiger partial charge is 0.870 e. The Hall–Kier alpha value is 1.25. The fourth-order valence-corrected chi connectivity index (χ4v) is 0. The quantitative estimate of drug-likeness (QED) is 0.508. The molecular weight excluding hydrogens is 272 g/mol. The first-order chi connectivity index (χ1) is 0. The Morgan fingerprint density at radius 2 is 0.333 bits per heavy atom. The maximum Gasteiger partial charge on any atom is 2.00 e. The van der Waals surface area contributed by atoms with Crippen LogP contribution in [-0.4, -0.2) is 32.9 Å². The molecule has 0 spiro atoms. The molecule has 0 aliphatic carbocycles. The van der Waals surface area contributed by atoms with Gasteiger partial charge < -0.3 is 32.9 Å². The third kappa shape index (κ3) is 310. The summed E-state index contributed by atoms with van der Waals surface area (Å²) in [5, 5.41) is 0. The van der Waals surface area contributed by atoms with E-state index in [1.165, 1.54) is 0 Å². The molecule has 6 N–H and O–H groups in total. The topological polar surface area (TPSA) is 180 Å². The molecule has 0 bridgehead atoms. The zero-order chi connectivity index (χ0) is 0. The molecule has 9 heavy (non-hydrogen) atoms. The van der Waals surface area contributed by atoms with Gasteiger partial charge in [-0.25, -0.2) is 0 Å². The summed E-state index contributed by atoms with van der Waals surface area (Å²) in [6, 6.07) is 0. The molecule has 0 unspecified atom stereocenters. The van der Waals surface area contributed by atoms with Crippen molar-refractivity contribution in [2.75, 3.05) is 0 Å². The van der Waals surface area contributed by atoms with Crippen LogP contribution in [0.3, 0.4) is 0 Å². The molecule has 0 aliphatic rings. The van der Waals surface area contributed by atoms with E-state index in [9.17, 15) is 0 Å². The molecular formula is H6CoNi2O6. The fourth-order valence-electron chi connectivity index (χ4n) is 0. The Kier molecular flexibility index (Phi) is 24900. The second-order valence-corrected chi connectivity index (χ2v) is 0. The van der Waals surface area contributed by atoms with Crippen LogP contribution < -0.4 is 0 Å². The maximum atomic E-state index is 0. The second-order valence-electron chi connectivity index (χ2n) is 0. The minimum absolute atomic E-state index is 0. The van der Waals surface area contributed by atoms with Gasteiger partial charge in [-0.1, -0.05) is 0 Å². The van der Waals surface area contributed by atoms with E-state index in [1.54, 1.807) is 0 Å². The largest absolute Gasteiger partial charge is 2.00 e. The third-order valence-electron chi connectivity index (χ3n) is 0. The van der Waals surface area contributed by atoms with Gasteiger partial charge in [0.15, 0.2) is 0 Å². The van der Waals surface area contributed by atoms with Crippen molar-refractivity contribution < 1.29 is 82.6 Å². The zero-order valence-electron chi connectivity index (χ0n) is 3.65. The van der Waals surface area contributed by atoms with Gasteiger partial charge in [0, 0.05) is 0 Å². The van der Waals surface area contributed by atoms with Crippen LogP contribution in [0, 0.1) is 0 Å². The van der Waals surface area contributed by atoms with Crippen LogP contribution in [0.5, 0.6) is 0 Å². The van der Waals surface area contributed by atoms with E-state index in [-0.39, 0.29) is 82.6 Å². The van der Waals surface area contributed by atoms with Gasteiger partial charge in [0.2, 0.25) is 0 Å². The molecule has 0 rings (SSSR count). The van der Waals surface area contributed by atoms with Crippen LogP contribution in [0.2, 0.25) is 0 Å². The van der Waals surface area contributed by atoms with Gasteiger partial charge in [-0.2, -0.15) is 0 Å². The normalized spacial score (nSPS) is 0. The summed E-state index contributed by atoms with van der Waals surface area (Å²) in [6.07, 6.45) is 0. The van der Waals surface area contributed by atoms with Crippen LogP contribution in [0.1, 0.15) is 0 Å². The van der Waals surface area contributed by atoms with Gasteiger partial charge >= 0.3 is 49.8 Å². The molecule has 0 amide bonds. The first kappa shape index (κ1) is 559. The van der Waals surface area contributed by atoms with Crippen molar-refractivity contribution in [2.45, 2.75) is 0 Å². The van der Waals surface area contributed by atoms with Gasteiger partial charge in [-0.05, 0) is 0 Å². The van der Waals surface area contributed by atoms with E-state index in [2.05, 4.69) is 0 Å². The minimum atomic E-state index is 0. The van der Waals surface area contributed by atoms with Gasteiger partial charge in [0.05, 0.1) is 0 Å². The maximum absolute atomic E-state index is 0. The van der Waals surface area contributed by atoms with Crippen molar-refractivity contribution in [2.24, 2.45) is 0 Å². The van der Waals surface area contributed by atoms with Crippen LogP contribution in [0.4, 0.5) is 0 Å². The van der Waals surface area contributed by atoms with Crippen molar-refractivity contribution >= 4 is 0 Å². The average Bonchev–Trinajstić information content (AvgIpc) is 0. The molecule has 71 valence electrons. The van der Waals surface area contributed by atoms with Crippen LogP contribution in [0.25, 0.3) is 0 Å². The number of hydrogen-bond acceptors (Lipinski definition) is 6. The molecule has 0 aromatic carbocycles. The zero-order valence-corrected chi connectivity index (χ0v) is 6.67. The molecule has 0 atom stereocenters. The Morgan fingerprint density at radius 1 is 0.333 bits per heavy atom. The van der Waals surface area contributed by atoms with Crippen molar-refractivity contribution in [3.63, 3.8) is 0 Å². The molecule has 1 radical (unpaired) electrons. The van der Waals surface area contributed by atoms with E-state index in [1.807, 2.05) is 0 Å². The van der Waals surface area contributed by atoms with Gasteiger partial charge in [0.1, 0.15) is 0 Å². The number of hydrogen-bond donors (Lipinski definition) is 0. The van der Waals surface area contributed by atoms with E-state index < -0.39 is 0 Å². The number of rotatable bonds is 0. The van der Waals surface area contributed by atoms with Crippen molar-refractivity contribution in [3.8, 4) is 0 Å². The SMILES string of the molecule is [Co+2].[Ni+2].[Ni+2].[OH-].[OH-].[OH-].[OH-].[OH-].[OH-]. The summed E-state index contributed by atoms with van der Waals surface area (Å²) < 4.78 is 0. The average molecular weight is 278 g/mol. The monoisotopic (exact) mass is 277 g/mol. The molecule has 0 saturated carbocycles. The van der Waals surface area contributed by atoms with E-state index in [4.69, 9.17) is 0 Å². The summed E-state index contributed by atoms with van der Waals surface area (Å²) in [5.41, 5.74) is 0. The van der Waals surface area contributed by atoms with E-state index in [0.29, 0.717) is 0 Å². The Morgan fingerprint density at radius 3 is 0.333 bits per heavy atom. The second kappa shape index (κ2) is 401. The summed E-state index contributed by atoms with van der Waals surface area (Å²) in [5.74, 6) is 0. The Labute approximate surface area is 82.7 Å². The van der Waals surface area contributed by atoms with Gasteiger partial charge in [-0.15, -0.1) is 0 Å². The molecule has 0 aromatic rings. The fraction of sp³-hybridized carbons (Fsp3) is 0. The van der Waals surface area contributed by atoms with Crippen LogP contribution in [-0.2, 0) is 49.8 Å². The van der Waals surface area contributed by atoms with Crippen molar-refractivity contribution in [1.82, 2.24) is 0 Å². The van der Waals surface area contributed by atoms with E-state index >= 15 is 0 Å². The summed E-state index contributed by atoms with van der Waals surface area (Å²) in [7, 11) is 0. The third-order valence-corrected chi connectivity index (χ3v) is 0. The molecule has 0 aliphatic heterocycles. The molecule has 0 heterocycles. The van der Waals surface area contributed by atoms with Gasteiger partial charge in [-0.3, -0.25) is 0 Å². The predicted molar refractivity (Wildman–Crippen MR) is 11.6 cm³/mol. The molecule has 0 saturated heterocycles. The van der Waals surface area contributed by atoms with Crippen LogP contribution in [0.15, 0.2) is 0 Å². The van der Waals surface area contributed by atoms with Crippen LogP contribution >= 0.6 is 0 Å². The first-order valence-electron chi connectivity index (χ1n) is 0. The van der Waals surface area contributed by atoms with Gasteiger partial charge in [0.25, 0.3) is 0 Å². The Bertz CT molecular complexity index is 11.0. The standard InChI is InChI=1S/Co.2Ni.6H2O/h;;;6*1H2/q3*+2;;;;;;/p-6. The summed E-state index contributed by atoms with van der Waals surface area (Å²) in [6.45, 7) is 0. The van der Waals surface area contributed by atoms with E-state index in [0.717, 1.165) is 0 Å². The molecule has 0 aromatic heterocycles. The molecule has 0 fully saturated rings. The minimum Gasteiger partial charge on any atom is -0.870 e.